The predicted molar refractivity (Wildman–Crippen MR) is 52.2 cm³/mol. The molecule has 5 nitrogen and oxygen atoms in total. The lowest BCUT2D eigenvalue weighted by atomic mass is 10.4. The van der Waals surface area contributed by atoms with Gasteiger partial charge in [-0.15, -0.1) is 10.2 Å². The summed E-state index contributed by atoms with van der Waals surface area (Å²) in [5.41, 5.74) is 0. The van der Waals surface area contributed by atoms with E-state index in [1.54, 1.807) is 13.8 Å². The molecule has 1 aromatic rings. The second-order valence-corrected chi connectivity index (χ2v) is 4.14. The maximum atomic E-state index is 12.1. The molecule has 0 spiro atoms. The fraction of sp³-hybridized carbons (Fsp3) is 0.571. The zero-order valence-electron chi connectivity index (χ0n) is 8.42. The van der Waals surface area contributed by atoms with Crippen molar-refractivity contribution in [2.45, 2.75) is 26.1 Å². The van der Waals surface area contributed by atoms with Crippen LogP contribution in [0.15, 0.2) is 0 Å². The first-order valence-corrected chi connectivity index (χ1v) is 5.09. The molecule has 16 heavy (non-hydrogen) atoms. The second kappa shape index (κ2) is 4.64. The van der Waals surface area contributed by atoms with Gasteiger partial charge in [0.2, 0.25) is 10.1 Å². The van der Waals surface area contributed by atoms with Crippen molar-refractivity contribution >= 4 is 22.5 Å². The zero-order chi connectivity index (χ0) is 12.3. The van der Waals surface area contributed by atoms with E-state index < -0.39 is 17.2 Å². The fourth-order valence-corrected chi connectivity index (χ4v) is 1.39. The lowest BCUT2D eigenvalue weighted by Gasteiger charge is -2.07. The highest BCUT2D eigenvalue weighted by molar-refractivity contribution is 7.15. The van der Waals surface area contributed by atoms with Crippen LogP contribution in [0.3, 0.4) is 0 Å². The van der Waals surface area contributed by atoms with E-state index in [4.69, 9.17) is 0 Å². The molecule has 0 bridgehead atoms. The second-order valence-electron chi connectivity index (χ2n) is 3.16. The smallest absolute Gasteiger partial charge is 0.336 e. The minimum Gasteiger partial charge on any atom is -0.336 e. The fourth-order valence-electron chi connectivity index (χ4n) is 0.784. The summed E-state index contributed by atoms with van der Waals surface area (Å²) in [6, 6.07) is -0.727. The minimum absolute atomic E-state index is 0.116. The van der Waals surface area contributed by atoms with Gasteiger partial charge in [0.1, 0.15) is 0 Å². The molecule has 90 valence electrons. The summed E-state index contributed by atoms with van der Waals surface area (Å²) < 4.78 is 36.4. The number of carbonyl (C=O) groups excluding carboxylic acids is 1. The molecule has 0 atom stereocenters. The Bertz CT molecular complexity index is 376. The van der Waals surface area contributed by atoms with E-state index in [2.05, 4.69) is 20.8 Å². The van der Waals surface area contributed by atoms with E-state index in [0.717, 1.165) is 0 Å². The topological polar surface area (TPSA) is 66.9 Å². The maximum Gasteiger partial charge on any atom is 0.445 e. The number of nitrogens with zero attached hydrogens (tertiary/aromatic N) is 2. The molecule has 9 heteroatoms. The SMILES string of the molecule is CC(C)NC(=O)Nc1nnc(C(F)(F)F)s1. The first-order chi connectivity index (χ1) is 7.29. The lowest BCUT2D eigenvalue weighted by molar-refractivity contribution is -0.138. The molecule has 0 saturated carbocycles. The van der Waals surface area contributed by atoms with Crippen LogP contribution in [0.1, 0.15) is 18.9 Å². The van der Waals surface area contributed by atoms with Crippen molar-refractivity contribution in [3.05, 3.63) is 5.01 Å². The van der Waals surface area contributed by atoms with Crippen LogP contribution >= 0.6 is 11.3 Å². The number of alkyl halides is 3. The molecule has 0 aliphatic heterocycles. The summed E-state index contributed by atoms with van der Waals surface area (Å²) in [4.78, 5) is 11.1. The number of halogens is 3. The van der Waals surface area contributed by atoms with Gasteiger partial charge >= 0.3 is 12.2 Å². The molecule has 0 radical (unpaired) electrons. The zero-order valence-corrected chi connectivity index (χ0v) is 9.24. The lowest BCUT2D eigenvalue weighted by Crippen LogP contribution is -2.34. The predicted octanol–water partition coefficient (Wildman–Crippen LogP) is 2.09. The molecular formula is C7H9F3N4OS. The van der Waals surface area contributed by atoms with E-state index in [-0.39, 0.29) is 22.5 Å². The summed E-state index contributed by atoms with van der Waals surface area (Å²) in [6.45, 7) is 3.45. The third kappa shape index (κ3) is 3.65. The van der Waals surface area contributed by atoms with Crippen LogP contribution in [-0.4, -0.2) is 22.3 Å². The molecule has 0 unspecified atom stereocenters. The van der Waals surface area contributed by atoms with Crippen molar-refractivity contribution < 1.29 is 18.0 Å². The molecule has 0 aliphatic rings. The number of carbonyl (C=O) groups is 1. The van der Waals surface area contributed by atoms with Crippen LogP contribution in [0, 0.1) is 0 Å². The van der Waals surface area contributed by atoms with Gasteiger partial charge in [0.15, 0.2) is 0 Å². The number of hydrogen-bond donors (Lipinski definition) is 2. The van der Waals surface area contributed by atoms with Gasteiger partial charge in [-0.3, -0.25) is 5.32 Å². The van der Waals surface area contributed by atoms with Crippen molar-refractivity contribution in [1.29, 1.82) is 0 Å². The van der Waals surface area contributed by atoms with Gasteiger partial charge in [-0.1, -0.05) is 11.3 Å². The number of anilines is 1. The minimum atomic E-state index is -4.54. The van der Waals surface area contributed by atoms with E-state index in [1.807, 2.05) is 0 Å². The molecule has 1 heterocycles. The monoisotopic (exact) mass is 254 g/mol. The van der Waals surface area contributed by atoms with Crippen molar-refractivity contribution in [1.82, 2.24) is 15.5 Å². The van der Waals surface area contributed by atoms with Crippen LogP contribution in [0.5, 0.6) is 0 Å². The standard InChI is InChI=1S/C7H9F3N4OS/c1-3(2)11-5(15)12-6-14-13-4(16-6)7(8,9)10/h3H,1-2H3,(H2,11,12,14,15). The van der Waals surface area contributed by atoms with Gasteiger partial charge < -0.3 is 5.32 Å². The van der Waals surface area contributed by atoms with Crippen LogP contribution in [0.2, 0.25) is 0 Å². The van der Waals surface area contributed by atoms with Crippen LogP contribution in [-0.2, 0) is 6.18 Å². The number of nitrogens with one attached hydrogen (secondary N) is 2. The highest BCUT2D eigenvalue weighted by Gasteiger charge is 2.35. The van der Waals surface area contributed by atoms with Gasteiger partial charge in [0.05, 0.1) is 0 Å². The Labute approximate surface area is 93.1 Å². The first kappa shape index (κ1) is 12.7. The van der Waals surface area contributed by atoms with Crippen LogP contribution < -0.4 is 10.6 Å². The molecule has 1 aromatic heterocycles. The molecule has 2 amide bonds. The summed E-state index contributed by atoms with van der Waals surface area (Å²) in [5.74, 6) is 0. The largest absolute Gasteiger partial charge is 0.445 e. The Hall–Kier alpha value is -1.38. The number of rotatable bonds is 2. The molecule has 1 rings (SSSR count). The molecular weight excluding hydrogens is 245 g/mol. The average Bonchev–Trinajstić information content (AvgIpc) is 2.49. The average molecular weight is 254 g/mol. The summed E-state index contributed by atoms with van der Waals surface area (Å²) in [5, 5.41) is 9.45. The summed E-state index contributed by atoms with van der Waals surface area (Å²) in [7, 11) is 0. The number of aromatic nitrogens is 2. The van der Waals surface area contributed by atoms with E-state index in [1.165, 1.54) is 0 Å². The summed E-state index contributed by atoms with van der Waals surface area (Å²) in [6.07, 6.45) is -4.54. The van der Waals surface area contributed by atoms with Gasteiger partial charge in [-0.2, -0.15) is 13.2 Å². The summed E-state index contributed by atoms with van der Waals surface area (Å²) >= 11 is 0.276. The Morgan fingerprint density at radius 1 is 1.38 bits per heavy atom. The van der Waals surface area contributed by atoms with Gasteiger partial charge in [0.25, 0.3) is 0 Å². The molecule has 0 aromatic carbocycles. The molecule has 0 fully saturated rings. The van der Waals surface area contributed by atoms with Gasteiger partial charge in [-0.25, -0.2) is 4.79 Å². The third-order valence-electron chi connectivity index (χ3n) is 1.31. The number of amides is 2. The highest BCUT2D eigenvalue weighted by Crippen LogP contribution is 2.32. The van der Waals surface area contributed by atoms with Crippen molar-refractivity contribution in [2.24, 2.45) is 0 Å². The number of hydrogen-bond acceptors (Lipinski definition) is 4. The Kier molecular flexibility index (Phi) is 3.68. The third-order valence-corrected chi connectivity index (χ3v) is 2.19. The Morgan fingerprint density at radius 3 is 2.44 bits per heavy atom. The molecule has 2 N–H and O–H groups in total. The Balaban J connectivity index is 2.62. The number of urea groups is 1. The van der Waals surface area contributed by atoms with Crippen LogP contribution in [0.25, 0.3) is 0 Å². The normalized spacial score (nSPS) is 11.6. The maximum absolute atomic E-state index is 12.1. The van der Waals surface area contributed by atoms with Gasteiger partial charge in [-0.05, 0) is 13.8 Å². The molecule has 0 aliphatic carbocycles. The van der Waals surface area contributed by atoms with Crippen molar-refractivity contribution in [3.63, 3.8) is 0 Å². The Morgan fingerprint density at radius 2 is 2.00 bits per heavy atom. The highest BCUT2D eigenvalue weighted by atomic mass is 32.1. The van der Waals surface area contributed by atoms with Crippen molar-refractivity contribution in [2.75, 3.05) is 5.32 Å². The van der Waals surface area contributed by atoms with Gasteiger partial charge in [0, 0.05) is 6.04 Å². The van der Waals surface area contributed by atoms with E-state index in [0.29, 0.717) is 0 Å². The van der Waals surface area contributed by atoms with Crippen LogP contribution in [0.4, 0.5) is 23.1 Å². The van der Waals surface area contributed by atoms with E-state index >= 15 is 0 Å². The first-order valence-electron chi connectivity index (χ1n) is 4.27. The molecule has 0 saturated heterocycles. The van der Waals surface area contributed by atoms with Crippen molar-refractivity contribution in [3.8, 4) is 0 Å². The van der Waals surface area contributed by atoms with E-state index in [9.17, 15) is 18.0 Å². The quantitative estimate of drug-likeness (QED) is 0.849.